The molecule has 0 radical (unpaired) electrons. The Kier molecular flexibility index (Phi) is 5.93. The number of pyridine rings is 1. The molecule has 1 amide bonds. The number of hydrogen-bond donors (Lipinski definition) is 1. The van der Waals surface area contributed by atoms with Gasteiger partial charge in [0, 0.05) is 29.7 Å². The third-order valence-corrected chi connectivity index (χ3v) is 5.41. The molecule has 1 fully saturated rings. The number of aryl methyl sites for hydroxylation is 2. The molecule has 3 heterocycles. The van der Waals surface area contributed by atoms with Crippen molar-refractivity contribution >= 4 is 17.2 Å². The lowest BCUT2D eigenvalue weighted by Gasteiger charge is -2.25. The monoisotopic (exact) mass is 344 g/mol. The average Bonchev–Trinajstić information content (AvgIpc) is 3.25. The zero-order chi connectivity index (χ0) is 16.8. The summed E-state index contributed by atoms with van der Waals surface area (Å²) in [4.78, 5) is 24.6. The van der Waals surface area contributed by atoms with E-state index in [0.29, 0.717) is 25.3 Å². The molecule has 0 aliphatic carbocycles. The second kappa shape index (κ2) is 8.35. The Labute approximate surface area is 147 Å². The van der Waals surface area contributed by atoms with Crippen molar-refractivity contribution in [3.63, 3.8) is 0 Å². The van der Waals surface area contributed by atoms with Crippen LogP contribution in [-0.4, -0.2) is 40.4 Å². The van der Waals surface area contributed by atoms with Crippen LogP contribution in [0.1, 0.15) is 29.1 Å². The number of aromatic nitrogens is 2. The first-order valence-electron chi connectivity index (χ1n) is 8.49. The molecule has 0 unspecified atom stereocenters. The van der Waals surface area contributed by atoms with Gasteiger partial charge in [-0.1, -0.05) is 6.07 Å². The number of amides is 1. The molecule has 1 N–H and O–H groups in total. The number of thiazole rings is 1. The van der Waals surface area contributed by atoms with Gasteiger partial charge in [-0.15, -0.1) is 11.3 Å². The van der Waals surface area contributed by atoms with E-state index in [4.69, 9.17) is 0 Å². The number of carbonyl (C=O) groups is 1. The number of carbonyl (C=O) groups excluding carboxylic acids is 1. The van der Waals surface area contributed by atoms with Crippen molar-refractivity contribution in [1.29, 1.82) is 0 Å². The zero-order valence-corrected chi connectivity index (χ0v) is 14.9. The molecule has 0 saturated carbocycles. The fourth-order valence-corrected chi connectivity index (χ4v) is 3.82. The fraction of sp³-hybridized carbons (Fsp3) is 0.500. The largest absolute Gasteiger partial charge is 0.337 e. The van der Waals surface area contributed by atoms with E-state index in [1.165, 1.54) is 4.88 Å². The highest BCUT2D eigenvalue weighted by Gasteiger charge is 2.22. The number of hydrogen-bond acceptors (Lipinski definition) is 5. The van der Waals surface area contributed by atoms with Gasteiger partial charge in [-0.25, -0.2) is 4.98 Å². The molecule has 5 nitrogen and oxygen atoms in total. The van der Waals surface area contributed by atoms with Crippen LogP contribution in [0.4, 0.5) is 0 Å². The molecule has 1 aliphatic rings. The van der Waals surface area contributed by atoms with Crippen LogP contribution in [0.5, 0.6) is 0 Å². The van der Waals surface area contributed by atoms with Crippen LogP contribution in [0.3, 0.4) is 0 Å². The van der Waals surface area contributed by atoms with Crippen LogP contribution in [0, 0.1) is 12.8 Å². The van der Waals surface area contributed by atoms with Crippen LogP contribution in [0.2, 0.25) is 0 Å². The minimum absolute atomic E-state index is 0.209. The van der Waals surface area contributed by atoms with Crippen molar-refractivity contribution in [1.82, 2.24) is 20.2 Å². The van der Waals surface area contributed by atoms with Gasteiger partial charge in [-0.05, 0) is 50.9 Å². The van der Waals surface area contributed by atoms with E-state index >= 15 is 0 Å². The van der Waals surface area contributed by atoms with Crippen LogP contribution in [0.25, 0.3) is 0 Å². The molecule has 128 valence electrons. The summed E-state index contributed by atoms with van der Waals surface area (Å²) in [6.45, 7) is 5.57. The van der Waals surface area contributed by atoms with E-state index in [1.807, 2.05) is 35.5 Å². The lowest BCUT2D eigenvalue weighted by molar-refractivity contribution is -0.132. The molecule has 1 aliphatic heterocycles. The van der Waals surface area contributed by atoms with E-state index in [1.54, 1.807) is 17.5 Å². The van der Waals surface area contributed by atoms with Gasteiger partial charge in [0.25, 0.3) is 0 Å². The number of nitrogens with zero attached hydrogens (tertiary/aromatic N) is 3. The Morgan fingerprint density at radius 2 is 2.33 bits per heavy atom. The lowest BCUT2D eigenvalue weighted by atomic mass is 10.1. The van der Waals surface area contributed by atoms with Gasteiger partial charge < -0.3 is 10.2 Å². The van der Waals surface area contributed by atoms with Gasteiger partial charge in [0.15, 0.2) is 0 Å². The summed E-state index contributed by atoms with van der Waals surface area (Å²) in [7, 11) is 0. The highest BCUT2D eigenvalue weighted by Crippen LogP contribution is 2.19. The minimum atomic E-state index is 0.209. The second-order valence-electron chi connectivity index (χ2n) is 6.32. The third-order valence-electron chi connectivity index (χ3n) is 4.49. The average molecular weight is 344 g/mol. The van der Waals surface area contributed by atoms with Gasteiger partial charge >= 0.3 is 0 Å². The molecule has 2 aromatic heterocycles. The summed E-state index contributed by atoms with van der Waals surface area (Å²) >= 11 is 1.63. The van der Waals surface area contributed by atoms with Crippen LogP contribution in [-0.2, 0) is 17.8 Å². The summed E-state index contributed by atoms with van der Waals surface area (Å²) < 4.78 is 0. The molecule has 1 atom stereocenters. The Bertz CT molecular complexity index is 652. The maximum Gasteiger partial charge on any atom is 0.223 e. The van der Waals surface area contributed by atoms with Crippen molar-refractivity contribution in [3.05, 3.63) is 46.2 Å². The maximum atomic E-state index is 12.8. The molecule has 0 aromatic carbocycles. The summed E-state index contributed by atoms with van der Waals surface area (Å²) in [5.41, 5.74) is 3.87. The Morgan fingerprint density at radius 1 is 1.42 bits per heavy atom. The Hall–Kier alpha value is -1.79. The van der Waals surface area contributed by atoms with E-state index in [2.05, 4.69) is 15.3 Å². The van der Waals surface area contributed by atoms with E-state index in [9.17, 15) is 4.79 Å². The van der Waals surface area contributed by atoms with E-state index in [-0.39, 0.29) is 5.91 Å². The predicted octanol–water partition coefficient (Wildman–Crippen LogP) is 2.42. The predicted molar refractivity (Wildman–Crippen MR) is 95.8 cm³/mol. The molecular formula is C18H24N4OS. The van der Waals surface area contributed by atoms with E-state index < -0.39 is 0 Å². The first kappa shape index (κ1) is 17.0. The van der Waals surface area contributed by atoms with Gasteiger partial charge in [-0.2, -0.15) is 0 Å². The maximum absolute atomic E-state index is 12.8. The molecule has 24 heavy (non-hydrogen) atoms. The minimum Gasteiger partial charge on any atom is -0.337 e. The third kappa shape index (κ3) is 4.61. The molecule has 1 saturated heterocycles. The van der Waals surface area contributed by atoms with Gasteiger partial charge in [0.2, 0.25) is 5.91 Å². The van der Waals surface area contributed by atoms with Gasteiger partial charge in [-0.3, -0.25) is 9.78 Å². The number of nitrogens with one attached hydrogen (secondary N) is 1. The highest BCUT2D eigenvalue weighted by molar-refractivity contribution is 7.09. The highest BCUT2D eigenvalue weighted by atomic mass is 32.1. The van der Waals surface area contributed by atoms with Crippen molar-refractivity contribution in [2.75, 3.05) is 19.6 Å². The zero-order valence-electron chi connectivity index (χ0n) is 14.1. The first-order chi connectivity index (χ1) is 11.7. The topological polar surface area (TPSA) is 58.1 Å². The molecule has 6 heteroatoms. The smallest absolute Gasteiger partial charge is 0.223 e. The summed E-state index contributed by atoms with van der Waals surface area (Å²) in [6.07, 6.45) is 4.13. The molecule has 0 spiro atoms. The Balaban J connectivity index is 1.63. The molecule has 3 rings (SSSR count). The Morgan fingerprint density at radius 3 is 3.00 bits per heavy atom. The van der Waals surface area contributed by atoms with Crippen LogP contribution in [0.15, 0.2) is 29.9 Å². The van der Waals surface area contributed by atoms with Crippen molar-refractivity contribution in [2.24, 2.45) is 5.92 Å². The first-order valence-corrected chi connectivity index (χ1v) is 9.37. The van der Waals surface area contributed by atoms with E-state index in [0.717, 1.165) is 37.4 Å². The SMILES string of the molecule is Cc1ncsc1CN(C[C@H]1CCNC1)C(=O)CCc1ccccn1. The van der Waals surface area contributed by atoms with Crippen molar-refractivity contribution in [3.8, 4) is 0 Å². The molecule has 2 aromatic rings. The second-order valence-corrected chi connectivity index (χ2v) is 7.25. The summed E-state index contributed by atoms with van der Waals surface area (Å²) in [5.74, 6) is 0.761. The lowest BCUT2D eigenvalue weighted by Crippen LogP contribution is -2.35. The quantitative estimate of drug-likeness (QED) is 0.838. The van der Waals surface area contributed by atoms with Crippen LogP contribution >= 0.6 is 11.3 Å². The van der Waals surface area contributed by atoms with Crippen molar-refractivity contribution < 1.29 is 4.79 Å². The van der Waals surface area contributed by atoms with Crippen molar-refractivity contribution in [2.45, 2.75) is 32.7 Å². The van der Waals surface area contributed by atoms with Crippen LogP contribution < -0.4 is 5.32 Å². The number of rotatable bonds is 7. The van der Waals surface area contributed by atoms with Gasteiger partial charge in [0.1, 0.15) is 0 Å². The summed E-state index contributed by atoms with van der Waals surface area (Å²) in [5, 5.41) is 3.39. The standard InChI is InChI=1S/C18H24N4OS/c1-14-17(24-13-21-14)12-22(11-15-7-9-19-10-15)18(23)6-5-16-4-2-3-8-20-16/h2-4,8,13,15,19H,5-7,9-12H2,1H3/t15-/m0/s1. The molecular weight excluding hydrogens is 320 g/mol. The molecule has 0 bridgehead atoms. The fourth-order valence-electron chi connectivity index (χ4n) is 3.03. The summed E-state index contributed by atoms with van der Waals surface area (Å²) in [6, 6.07) is 5.85. The van der Waals surface area contributed by atoms with Gasteiger partial charge in [0.05, 0.1) is 17.7 Å². The normalized spacial score (nSPS) is 17.1.